The van der Waals surface area contributed by atoms with Gasteiger partial charge in [-0.25, -0.2) is 0 Å². The molecule has 1 aromatic carbocycles. The third-order valence-corrected chi connectivity index (χ3v) is 8.37. The molecule has 2 N–H and O–H groups in total. The molecule has 116 valence electrons. The van der Waals surface area contributed by atoms with Crippen molar-refractivity contribution in [3.8, 4) is 0 Å². The van der Waals surface area contributed by atoms with E-state index in [0.29, 0.717) is 16.4 Å². The molecule has 0 aliphatic carbocycles. The number of hydrogen-bond donors (Lipinski definition) is 1. The second-order valence-corrected chi connectivity index (χ2v) is 9.69. The molecule has 0 saturated carbocycles. The molecule has 1 aromatic rings. The molecule has 5 nitrogen and oxygen atoms in total. The first-order valence-electron chi connectivity index (χ1n) is 7.04. The number of fused-ring (bicyclic) bond motifs is 3. The van der Waals surface area contributed by atoms with Crippen LogP contribution in [0.25, 0.3) is 6.08 Å². The molecule has 0 fully saturated rings. The fraction of sp³-hybridized carbons (Fsp3) is 0.312. The van der Waals surface area contributed by atoms with Crippen LogP contribution in [0.3, 0.4) is 0 Å². The molecule has 22 heavy (non-hydrogen) atoms. The van der Waals surface area contributed by atoms with E-state index in [-0.39, 0.29) is 6.54 Å². The first kappa shape index (κ1) is 14.8. The number of amides is 3. The summed E-state index contributed by atoms with van der Waals surface area (Å²) >= 11 is 0. The van der Waals surface area contributed by atoms with Crippen LogP contribution in [0.5, 0.6) is 0 Å². The molecule has 0 bridgehead atoms. The fourth-order valence-corrected chi connectivity index (χ4v) is 5.57. The summed E-state index contributed by atoms with van der Waals surface area (Å²) in [5.74, 6) is -1.53. The van der Waals surface area contributed by atoms with E-state index in [1.165, 1.54) is 0 Å². The normalized spacial score (nSPS) is 25.4. The second kappa shape index (κ2) is 4.71. The molecule has 2 aliphatic rings. The lowest BCUT2D eigenvalue weighted by Crippen LogP contribution is -2.37. The van der Waals surface area contributed by atoms with Crippen LogP contribution in [0, 0.1) is 0 Å². The van der Waals surface area contributed by atoms with Crippen LogP contribution in [0.1, 0.15) is 40.1 Å². The van der Waals surface area contributed by atoms with Gasteiger partial charge in [0.1, 0.15) is 6.54 Å². The van der Waals surface area contributed by atoms with Gasteiger partial charge < -0.3 is 5.73 Å². The summed E-state index contributed by atoms with van der Waals surface area (Å²) in [4.78, 5) is 38.2. The van der Waals surface area contributed by atoms with Gasteiger partial charge in [-0.2, -0.15) is 10.0 Å². The van der Waals surface area contributed by atoms with Crippen LogP contribution >= 0.6 is 10.0 Å². The van der Waals surface area contributed by atoms with Gasteiger partial charge in [-0.15, -0.1) is 0 Å². The Kier molecular flexibility index (Phi) is 3.18. The first-order valence-corrected chi connectivity index (χ1v) is 9.21. The minimum atomic E-state index is -1.31. The molecule has 3 amide bonds. The highest BCUT2D eigenvalue weighted by atomic mass is 32.3. The van der Waals surface area contributed by atoms with Crippen molar-refractivity contribution < 1.29 is 14.4 Å². The molecule has 0 radical (unpaired) electrons. The molecule has 6 heteroatoms. The van der Waals surface area contributed by atoms with E-state index in [2.05, 4.69) is 25.5 Å². The summed E-state index contributed by atoms with van der Waals surface area (Å²) < 4.78 is 0. The van der Waals surface area contributed by atoms with Gasteiger partial charge in [0.05, 0.1) is 11.1 Å². The number of rotatable bonds is 3. The van der Waals surface area contributed by atoms with Gasteiger partial charge >= 0.3 is 0 Å². The lowest BCUT2D eigenvalue weighted by Gasteiger charge is -2.36. The van der Waals surface area contributed by atoms with Crippen molar-refractivity contribution in [2.45, 2.75) is 24.0 Å². The van der Waals surface area contributed by atoms with Crippen LogP contribution in [0.15, 0.2) is 22.4 Å². The number of carbonyl (C=O) groups excluding carboxylic acids is 3. The van der Waals surface area contributed by atoms with Crippen molar-refractivity contribution in [1.82, 2.24) is 4.90 Å². The molecule has 1 unspecified atom stereocenters. The van der Waals surface area contributed by atoms with Crippen molar-refractivity contribution in [2.75, 3.05) is 12.8 Å². The van der Waals surface area contributed by atoms with Gasteiger partial charge in [0.15, 0.2) is 0 Å². The topological polar surface area (TPSA) is 80.5 Å². The monoisotopic (exact) mass is 318 g/mol. The number of primary amides is 1. The van der Waals surface area contributed by atoms with Gasteiger partial charge in [-0.1, -0.05) is 19.9 Å². The minimum Gasteiger partial charge on any atom is -0.368 e. The first-order chi connectivity index (χ1) is 10.3. The van der Waals surface area contributed by atoms with Crippen molar-refractivity contribution in [3.05, 3.63) is 34.2 Å². The van der Waals surface area contributed by atoms with Crippen LogP contribution < -0.4 is 5.73 Å². The maximum Gasteiger partial charge on any atom is 0.263 e. The van der Waals surface area contributed by atoms with Gasteiger partial charge in [0.25, 0.3) is 11.8 Å². The van der Waals surface area contributed by atoms with E-state index in [9.17, 15) is 14.4 Å². The molecule has 2 heterocycles. The largest absolute Gasteiger partial charge is 0.368 e. The third-order valence-electron chi connectivity index (χ3n) is 4.39. The highest BCUT2D eigenvalue weighted by molar-refractivity contribution is 8.36. The van der Waals surface area contributed by atoms with Gasteiger partial charge in [-0.3, -0.25) is 19.3 Å². The van der Waals surface area contributed by atoms with Crippen LogP contribution in [-0.2, 0) is 4.79 Å². The molecule has 2 aliphatic heterocycles. The van der Waals surface area contributed by atoms with Crippen molar-refractivity contribution >= 4 is 33.8 Å². The molecule has 3 rings (SSSR count). The Labute approximate surface area is 130 Å². The zero-order valence-corrected chi connectivity index (χ0v) is 13.6. The Balaban J connectivity index is 2.20. The Morgan fingerprint density at radius 1 is 1.27 bits per heavy atom. The number of imide groups is 1. The number of carbonyl (C=O) groups is 3. The molecule has 1 atom stereocenters. The Hall–Kier alpha value is -2.08. The van der Waals surface area contributed by atoms with Gasteiger partial charge in [0.2, 0.25) is 5.91 Å². The lowest BCUT2D eigenvalue weighted by atomic mass is 10.1. The lowest BCUT2D eigenvalue weighted by molar-refractivity contribution is -0.118. The van der Waals surface area contributed by atoms with Crippen molar-refractivity contribution in [2.24, 2.45) is 5.73 Å². The Bertz CT molecular complexity index is 754. The zero-order chi connectivity index (χ0) is 16.2. The summed E-state index contributed by atoms with van der Waals surface area (Å²) in [5, 5.41) is 2.52. The summed E-state index contributed by atoms with van der Waals surface area (Å²) in [6.45, 7) is 3.87. The highest BCUT2D eigenvalue weighted by Gasteiger charge is 2.43. The van der Waals surface area contributed by atoms with E-state index in [4.69, 9.17) is 5.73 Å². The van der Waals surface area contributed by atoms with Gasteiger partial charge in [0, 0.05) is 4.90 Å². The molecule has 0 spiro atoms. The number of nitrogens with two attached hydrogens (primary N) is 1. The SMILES string of the molecule is CC(C)S1(C)C=Cc2ccc3c(c21)C(=O)N(CC(N)=O)C3=O. The predicted molar refractivity (Wildman–Crippen MR) is 87.0 cm³/mol. The van der Waals surface area contributed by atoms with Gasteiger partial charge in [-0.05, 0) is 34.6 Å². The van der Waals surface area contributed by atoms with Crippen LogP contribution in [-0.4, -0.2) is 40.7 Å². The average Bonchev–Trinajstić information content (AvgIpc) is 2.91. The fourth-order valence-electron chi connectivity index (χ4n) is 2.94. The number of benzene rings is 1. The number of hydrogen-bond acceptors (Lipinski definition) is 3. The standard InChI is InChI=1S/C16H18N2O3S/c1-9(2)22(3)7-6-10-4-5-11-13(14(10)22)16(21)18(15(11)20)8-12(17)19/h4-7,9H,8H2,1-3H3,(H2,17,19). The summed E-state index contributed by atoms with van der Waals surface area (Å²) in [6, 6.07) is 3.55. The quantitative estimate of drug-likeness (QED) is 0.865. The van der Waals surface area contributed by atoms with E-state index in [1.54, 1.807) is 6.07 Å². The Morgan fingerprint density at radius 3 is 2.55 bits per heavy atom. The Morgan fingerprint density at radius 2 is 1.95 bits per heavy atom. The van der Waals surface area contributed by atoms with E-state index in [0.717, 1.165) is 15.4 Å². The smallest absolute Gasteiger partial charge is 0.263 e. The average molecular weight is 318 g/mol. The summed E-state index contributed by atoms with van der Waals surface area (Å²) in [7, 11) is -1.31. The predicted octanol–water partition coefficient (Wildman–Crippen LogP) is 1.95. The summed E-state index contributed by atoms with van der Waals surface area (Å²) in [5.41, 5.74) is 6.99. The van der Waals surface area contributed by atoms with Crippen molar-refractivity contribution in [1.29, 1.82) is 0 Å². The van der Waals surface area contributed by atoms with Crippen LogP contribution in [0.4, 0.5) is 0 Å². The van der Waals surface area contributed by atoms with Crippen LogP contribution in [0.2, 0.25) is 0 Å². The zero-order valence-electron chi connectivity index (χ0n) is 12.8. The molecular weight excluding hydrogens is 300 g/mol. The number of nitrogens with zero attached hydrogens (tertiary/aromatic N) is 1. The molecular formula is C16H18N2O3S. The van der Waals surface area contributed by atoms with E-state index in [1.807, 2.05) is 12.1 Å². The van der Waals surface area contributed by atoms with E-state index >= 15 is 0 Å². The van der Waals surface area contributed by atoms with Crippen molar-refractivity contribution in [3.63, 3.8) is 0 Å². The molecule has 0 aromatic heterocycles. The maximum atomic E-state index is 12.7. The second-order valence-electron chi connectivity index (χ2n) is 5.97. The third kappa shape index (κ3) is 1.83. The van der Waals surface area contributed by atoms with E-state index < -0.39 is 27.7 Å². The highest BCUT2D eigenvalue weighted by Crippen LogP contribution is 2.65. The minimum absolute atomic E-state index is 0.351. The summed E-state index contributed by atoms with van der Waals surface area (Å²) in [6.07, 6.45) is 4.17. The maximum absolute atomic E-state index is 12.7. The molecule has 0 saturated heterocycles.